The summed E-state index contributed by atoms with van der Waals surface area (Å²) < 4.78 is 14.3. The van der Waals surface area contributed by atoms with E-state index < -0.39 is 20.2 Å². The van der Waals surface area contributed by atoms with Gasteiger partial charge in [-0.2, -0.15) is 0 Å². The molecule has 0 aliphatic carbocycles. The number of nitrogens with one attached hydrogen (secondary N) is 2. The van der Waals surface area contributed by atoms with Crippen LogP contribution >= 0.6 is 0 Å². The fraction of sp³-hybridized carbons (Fsp3) is 0.367. The Morgan fingerprint density at radius 2 is 1.79 bits per heavy atom. The van der Waals surface area contributed by atoms with E-state index >= 15 is 0 Å². The standard InChI is InChI=1S/C49H57N5O7Si/c1-49(2,3)62(4,5)61-44(37-16-19-42(55)46-38(37)17-20-45(56)51-46)30-50-24-21-33-14-18-39-43(29-33)60-48(59)53(39)25-9-10-32-13-15-36(34-11-7-6-8-12-34)40(28-32)54(47(57)58)41-31-52-26-22-35(41)23-27-52/h6-20,28-29,35,41,44,50,55H,21-27,30-31H2,1-5H3,(H,51,56)(H,57,58)/b10-9+/t41-,44+/m0/s1. The van der Waals surface area contributed by atoms with Crippen molar-refractivity contribution in [2.75, 3.05) is 37.6 Å². The summed E-state index contributed by atoms with van der Waals surface area (Å²) in [6.45, 7) is 15.2. The number of amides is 1. The van der Waals surface area contributed by atoms with Gasteiger partial charge in [0.25, 0.3) is 0 Å². The van der Waals surface area contributed by atoms with Crippen LogP contribution in [0.5, 0.6) is 5.75 Å². The van der Waals surface area contributed by atoms with Crippen LogP contribution in [0.4, 0.5) is 10.5 Å². The lowest BCUT2D eigenvalue weighted by atomic mass is 9.82. The fourth-order valence-corrected chi connectivity index (χ4v) is 10.1. The van der Waals surface area contributed by atoms with E-state index in [1.807, 2.05) is 84.9 Å². The number of hydrogen-bond acceptors (Lipinski definition) is 8. The Morgan fingerprint density at radius 1 is 1.02 bits per heavy atom. The zero-order chi connectivity index (χ0) is 43.8. The number of carboxylic acid groups (broad SMARTS) is 1. The van der Waals surface area contributed by atoms with Crippen molar-refractivity contribution in [2.24, 2.45) is 5.92 Å². The number of phenolic OH excluding ortho intramolecular Hbond substituents is 1. The van der Waals surface area contributed by atoms with E-state index in [9.17, 15) is 24.6 Å². The largest absolute Gasteiger partial charge is 0.506 e. The highest BCUT2D eigenvalue weighted by Gasteiger charge is 2.41. The Morgan fingerprint density at radius 3 is 2.50 bits per heavy atom. The Bertz CT molecular complexity index is 2730. The van der Waals surface area contributed by atoms with E-state index in [4.69, 9.17) is 8.84 Å². The van der Waals surface area contributed by atoms with Gasteiger partial charge in [0.2, 0.25) is 5.56 Å². The van der Waals surface area contributed by atoms with E-state index in [0.717, 1.165) is 65.7 Å². The van der Waals surface area contributed by atoms with Crippen LogP contribution in [0.3, 0.4) is 0 Å². The van der Waals surface area contributed by atoms with Crippen molar-refractivity contribution in [1.82, 2.24) is 19.8 Å². The molecular weight excluding hydrogens is 799 g/mol. The average molecular weight is 856 g/mol. The molecule has 1 amide bonds. The molecule has 5 heterocycles. The maximum Gasteiger partial charge on any atom is 0.420 e. The third kappa shape index (κ3) is 8.94. The molecule has 13 heteroatoms. The van der Waals surface area contributed by atoms with E-state index in [1.165, 1.54) is 6.07 Å². The van der Waals surface area contributed by atoms with Gasteiger partial charge in [0, 0.05) is 36.7 Å². The van der Waals surface area contributed by atoms with Gasteiger partial charge in [-0.15, -0.1) is 0 Å². The van der Waals surface area contributed by atoms with Crippen LogP contribution in [0, 0.1) is 5.92 Å². The Balaban J connectivity index is 0.970. The second-order valence-corrected chi connectivity index (χ2v) is 23.0. The first-order chi connectivity index (χ1) is 29.7. The van der Waals surface area contributed by atoms with Gasteiger partial charge in [-0.25, -0.2) is 9.59 Å². The maximum atomic E-state index is 13.2. The molecule has 0 saturated carbocycles. The van der Waals surface area contributed by atoms with E-state index in [1.54, 1.807) is 21.6 Å². The van der Waals surface area contributed by atoms with Crippen molar-refractivity contribution in [1.29, 1.82) is 0 Å². The first-order valence-electron chi connectivity index (χ1n) is 21.6. The minimum atomic E-state index is -2.23. The predicted molar refractivity (Wildman–Crippen MR) is 249 cm³/mol. The molecule has 9 rings (SSSR count). The van der Waals surface area contributed by atoms with Crippen LogP contribution in [-0.2, 0) is 17.4 Å². The van der Waals surface area contributed by atoms with Crippen molar-refractivity contribution in [3.63, 3.8) is 0 Å². The lowest BCUT2D eigenvalue weighted by Crippen LogP contribution is -2.59. The molecule has 3 saturated heterocycles. The van der Waals surface area contributed by atoms with Gasteiger partial charge in [0.1, 0.15) is 5.75 Å². The fourth-order valence-electron chi connectivity index (χ4n) is 8.85. The highest BCUT2D eigenvalue weighted by Crippen LogP contribution is 2.42. The van der Waals surface area contributed by atoms with Gasteiger partial charge in [0.15, 0.2) is 13.9 Å². The number of fused-ring (bicyclic) bond motifs is 5. The highest BCUT2D eigenvalue weighted by atomic mass is 28.4. The van der Waals surface area contributed by atoms with Crippen LogP contribution in [0.25, 0.3) is 39.2 Å². The van der Waals surface area contributed by atoms with E-state index in [-0.39, 0.29) is 35.0 Å². The summed E-state index contributed by atoms with van der Waals surface area (Å²) in [7, 11) is -2.23. The number of carbonyl (C=O) groups is 1. The van der Waals surface area contributed by atoms with Crippen LogP contribution < -0.4 is 21.5 Å². The summed E-state index contributed by atoms with van der Waals surface area (Å²) >= 11 is 0. The summed E-state index contributed by atoms with van der Waals surface area (Å²) in [4.78, 5) is 45.1. The van der Waals surface area contributed by atoms with Crippen LogP contribution in [0.1, 0.15) is 56.4 Å². The normalized spacial score (nSPS) is 18.5. The first-order valence-corrected chi connectivity index (χ1v) is 24.5. The average Bonchev–Trinajstić information content (AvgIpc) is 3.56. The SMILES string of the molecule is CC(C)(C)[Si](C)(C)O[C@H](CNCCc1ccc2c(c1)oc(=O)n2C/C=C/c1ccc(-c2ccccc2)c(N(C(=O)O)[C@H]2CN3CCC2CC3)c1)c1ccc(O)c2[nH]c(=O)ccc12. The third-order valence-electron chi connectivity index (χ3n) is 13.3. The Labute approximate surface area is 362 Å². The van der Waals surface area contributed by atoms with E-state index in [0.29, 0.717) is 47.7 Å². The molecule has 2 bridgehead atoms. The molecule has 2 atom stereocenters. The summed E-state index contributed by atoms with van der Waals surface area (Å²) in [5.41, 5.74) is 6.54. The number of rotatable bonds is 14. The van der Waals surface area contributed by atoms with E-state index in [2.05, 4.69) is 49.1 Å². The zero-order valence-electron chi connectivity index (χ0n) is 36.2. The molecule has 0 spiro atoms. The summed E-state index contributed by atoms with van der Waals surface area (Å²) in [6.07, 6.45) is 5.24. The zero-order valence-corrected chi connectivity index (χ0v) is 37.2. The minimum Gasteiger partial charge on any atom is -0.506 e. The summed E-state index contributed by atoms with van der Waals surface area (Å²) in [5, 5.41) is 25.5. The molecule has 324 valence electrons. The number of oxazole rings is 1. The number of benzene rings is 4. The molecule has 62 heavy (non-hydrogen) atoms. The number of nitrogens with zero attached hydrogens (tertiary/aromatic N) is 3. The second-order valence-electron chi connectivity index (χ2n) is 18.3. The van der Waals surface area contributed by atoms with Gasteiger partial charge in [-0.3, -0.25) is 14.3 Å². The van der Waals surface area contributed by atoms with Gasteiger partial charge in [-0.05, 0) is 116 Å². The molecule has 6 aromatic rings. The van der Waals surface area contributed by atoms with Crippen LogP contribution in [0.15, 0.2) is 111 Å². The smallest absolute Gasteiger partial charge is 0.420 e. The summed E-state index contributed by atoms with van der Waals surface area (Å²) in [5.74, 6) is -0.116. The maximum absolute atomic E-state index is 13.2. The number of aromatic amines is 1. The Hall–Kier alpha value is -5.73. The van der Waals surface area contributed by atoms with Crippen molar-refractivity contribution >= 4 is 48.2 Å². The Kier molecular flexibility index (Phi) is 12.2. The lowest BCUT2D eigenvalue weighted by Gasteiger charge is -2.48. The number of pyridine rings is 1. The molecule has 4 N–H and O–H groups in total. The quantitative estimate of drug-likeness (QED) is 0.0621. The van der Waals surface area contributed by atoms with Crippen molar-refractivity contribution in [2.45, 2.75) is 76.9 Å². The topological polar surface area (TPSA) is 153 Å². The van der Waals surface area contributed by atoms with Crippen molar-refractivity contribution < 1.29 is 23.9 Å². The predicted octanol–water partition coefficient (Wildman–Crippen LogP) is 9.00. The monoisotopic (exact) mass is 855 g/mol. The number of anilines is 1. The molecule has 0 unspecified atom stereocenters. The molecule has 3 fully saturated rings. The first kappa shape index (κ1) is 42.9. The lowest BCUT2D eigenvalue weighted by molar-refractivity contribution is 0.0838. The van der Waals surface area contributed by atoms with Gasteiger partial charge in [-0.1, -0.05) is 87.5 Å². The number of H-pyrrole nitrogens is 1. The molecular formula is C49H57N5O7Si. The number of hydrogen-bond donors (Lipinski definition) is 4. The molecule has 0 radical (unpaired) electrons. The number of piperidine rings is 3. The van der Waals surface area contributed by atoms with Crippen molar-refractivity contribution in [3.8, 4) is 16.9 Å². The molecule has 2 aromatic heterocycles. The second kappa shape index (κ2) is 17.6. The van der Waals surface area contributed by atoms with Gasteiger partial charge < -0.3 is 34.3 Å². The number of aromatic nitrogens is 2. The molecule has 12 nitrogen and oxygen atoms in total. The molecule has 4 aromatic carbocycles. The third-order valence-corrected chi connectivity index (χ3v) is 17.8. The number of aromatic hydroxyl groups is 1. The van der Waals surface area contributed by atoms with Gasteiger partial charge in [0.05, 0.1) is 28.9 Å². The number of phenols is 1. The number of allylic oxidation sites excluding steroid dienone is 1. The molecule has 3 aliphatic heterocycles. The summed E-state index contributed by atoms with van der Waals surface area (Å²) in [6, 6.07) is 28.3. The van der Waals surface area contributed by atoms with Gasteiger partial charge >= 0.3 is 11.8 Å². The van der Waals surface area contributed by atoms with Crippen molar-refractivity contribution in [3.05, 3.63) is 135 Å². The minimum absolute atomic E-state index is 0.0129. The molecule has 3 aliphatic rings. The van der Waals surface area contributed by atoms with Crippen LogP contribution in [0.2, 0.25) is 18.1 Å². The highest BCUT2D eigenvalue weighted by molar-refractivity contribution is 6.74. The van der Waals surface area contributed by atoms with Crippen LogP contribution in [-0.4, -0.2) is 77.8 Å².